The maximum absolute atomic E-state index is 12.2. The summed E-state index contributed by atoms with van der Waals surface area (Å²) in [4.78, 5) is 16.5. The van der Waals surface area contributed by atoms with E-state index in [-0.39, 0.29) is 11.3 Å². The molecule has 0 atom stereocenters. The zero-order chi connectivity index (χ0) is 14.8. The van der Waals surface area contributed by atoms with E-state index in [0.717, 1.165) is 11.3 Å². The van der Waals surface area contributed by atoms with Gasteiger partial charge in [0.1, 0.15) is 5.75 Å². The lowest BCUT2D eigenvalue weighted by atomic mass is 10.1. The van der Waals surface area contributed by atoms with Crippen LogP contribution in [-0.4, -0.2) is 19.9 Å². The Morgan fingerprint density at radius 3 is 2.48 bits per heavy atom. The molecule has 0 spiro atoms. The molecule has 5 heteroatoms. The molecule has 2 aromatic heterocycles. The molecule has 0 amide bonds. The molecule has 0 unspecified atom stereocenters. The molecule has 3 aromatic rings. The van der Waals surface area contributed by atoms with Gasteiger partial charge in [-0.2, -0.15) is 9.78 Å². The first kappa shape index (κ1) is 13.1. The Kier molecular flexibility index (Phi) is 3.23. The second-order valence-electron chi connectivity index (χ2n) is 4.68. The van der Waals surface area contributed by atoms with Gasteiger partial charge in [0, 0.05) is 17.3 Å². The van der Waals surface area contributed by atoms with Gasteiger partial charge in [-0.3, -0.25) is 4.79 Å². The van der Waals surface area contributed by atoms with E-state index in [0.29, 0.717) is 11.4 Å². The Labute approximate surface area is 121 Å². The fraction of sp³-hybridized carbons (Fsp3) is 0.0625. The molecule has 0 saturated heterocycles. The van der Waals surface area contributed by atoms with E-state index >= 15 is 0 Å². The smallest absolute Gasteiger partial charge is 0.273 e. The molecule has 0 aliphatic carbocycles. The molecule has 1 aromatic carbocycles. The van der Waals surface area contributed by atoms with E-state index in [1.807, 2.05) is 19.1 Å². The summed E-state index contributed by atoms with van der Waals surface area (Å²) in [6.45, 7) is 1.86. The summed E-state index contributed by atoms with van der Waals surface area (Å²) < 4.78 is 1.26. The van der Waals surface area contributed by atoms with Crippen molar-refractivity contribution in [2.24, 2.45) is 0 Å². The maximum atomic E-state index is 12.2. The summed E-state index contributed by atoms with van der Waals surface area (Å²) in [5, 5.41) is 13.5. The summed E-state index contributed by atoms with van der Waals surface area (Å²) >= 11 is 0. The minimum absolute atomic E-state index is 0.184. The van der Waals surface area contributed by atoms with Gasteiger partial charge in [0.25, 0.3) is 5.56 Å². The van der Waals surface area contributed by atoms with Crippen molar-refractivity contribution >= 4 is 0 Å². The second-order valence-corrected chi connectivity index (χ2v) is 4.68. The van der Waals surface area contributed by atoms with Crippen molar-refractivity contribution in [3.8, 4) is 22.7 Å². The van der Waals surface area contributed by atoms with Crippen molar-refractivity contribution in [1.29, 1.82) is 0 Å². The van der Waals surface area contributed by atoms with Gasteiger partial charge in [0.2, 0.25) is 0 Å². The van der Waals surface area contributed by atoms with Crippen LogP contribution in [0.3, 0.4) is 0 Å². The number of benzene rings is 1. The molecule has 5 nitrogen and oxygen atoms in total. The number of nitrogens with zero attached hydrogens (tertiary/aromatic N) is 3. The highest BCUT2D eigenvalue weighted by atomic mass is 16.3. The molecule has 0 saturated carbocycles. The van der Waals surface area contributed by atoms with Crippen molar-refractivity contribution in [2.45, 2.75) is 6.92 Å². The monoisotopic (exact) mass is 279 g/mol. The van der Waals surface area contributed by atoms with Crippen LogP contribution in [-0.2, 0) is 0 Å². The number of rotatable bonds is 2. The lowest BCUT2D eigenvalue weighted by Gasteiger charge is -2.06. The molecule has 0 aliphatic rings. The lowest BCUT2D eigenvalue weighted by Crippen LogP contribution is -2.21. The second kappa shape index (κ2) is 5.20. The third-order valence-corrected chi connectivity index (χ3v) is 3.09. The van der Waals surface area contributed by atoms with E-state index in [9.17, 15) is 9.90 Å². The largest absolute Gasteiger partial charge is 0.508 e. The van der Waals surface area contributed by atoms with Crippen LogP contribution in [0.4, 0.5) is 0 Å². The highest BCUT2D eigenvalue weighted by molar-refractivity contribution is 5.62. The Hall–Kier alpha value is -2.95. The molecule has 0 aliphatic heterocycles. The standard InChI is InChI=1S/C16H13N3O2/c1-11-3-2-4-15(18-11)19-16(21)9-13(10-17-19)12-5-7-14(20)8-6-12/h2-10,20H,1H3. The van der Waals surface area contributed by atoms with Gasteiger partial charge >= 0.3 is 0 Å². The van der Waals surface area contributed by atoms with Crippen molar-refractivity contribution in [2.75, 3.05) is 0 Å². The number of hydrogen-bond donors (Lipinski definition) is 1. The van der Waals surface area contributed by atoms with Crippen LogP contribution < -0.4 is 5.56 Å². The van der Waals surface area contributed by atoms with Gasteiger partial charge in [-0.05, 0) is 36.8 Å². The van der Waals surface area contributed by atoms with Gasteiger partial charge in [-0.25, -0.2) is 4.98 Å². The zero-order valence-corrected chi connectivity index (χ0v) is 11.4. The first-order valence-electron chi connectivity index (χ1n) is 6.46. The minimum atomic E-state index is -0.251. The molecule has 0 fully saturated rings. The van der Waals surface area contributed by atoms with Gasteiger partial charge in [0.05, 0.1) is 6.20 Å². The summed E-state index contributed by atoms with van der Waals surface area (Å²) in [6, 6.07) is 13.6. The predicted molar refractivity (Wildman–Crippen MR) is 79.5 cm³/mol. The first-order chi connectivity index (χ1) is 10.1. The molecule has 0 radical (unpaired) electrons. The molecular weight excluding hydrogens is 266 g/mol. The van der Waals surface area contributed by atoms with Gasteiger partial charge < -0.3 is 5.11 Å². The fourth-order valence-electron chi connectivity index (χ4n) is 2.04. The van der Waals surface area contributed by atoms with E-state index < -0.39 is 0 Å². The Morgan fingerprint density at radius 1 is 1.05 bits per heavy atom. The first-order valence-corrected chi connectivity index (χ1v) is 6.46. The molecular formula is C16H13N3O2. The Bertz CT molecular complexity index is 839. The van der Waals surface area contributed by atoms with Gasteiger partial charge in [-0.15, -0.1) is 0 Å². The minimum Gasteiger partial charge on any atom is -0.508 e. The average Bonchev–Trinajstić information content (AvgIpc) is 2.48. The summed E-state index contributed by atoms with van der Waals surface area (Å²) in [5.74, 6) is 0.682. The van der Waals surface area contributed by atoms with Crippen LogP contribution in [0.2, 0.25) is 0 Å². The molecule has 21 heavy (non-hydrogen) atoms. The Morgan fingerprint density at radius 2 is 1.81 bits per heavy atom. The third kappa shape index (κ3) is 2.67. The number of aryl methyl sites for hydroxylation is 1. The van der Waals surface area contributed by atoms with Crippen LogP contribution in [0.15, 0.2) is 59.5 Å². The van der Waals surface area contributed by atoms with Crippen LogP contribution in [0.1, 0.15) is 5.69 Å². The topological polar surface area (TPSA) is 68.0 Å². The fourth-order valence-corrected chi connectivity index (χ4v) is 2.04. The van der Waals surface area contributed by atoms with Crippen LogP contribution in [0.25, 0.3) is 16.9 Å². The highest BCUT2D eigenvalue weighted by Crippen LogP contribution is 2.19. The number of phenolic OH excluding ortho intramolecular Hbond substituents is 1. The number of phenols is 1. The number of aromatic hydroxyl groups is 1. The summed E-state index contributed by atoms with van der Waals surface area (Å²) in [7, 11) is 0. The molecule has 3 rings (SSSR count). The van der Waals surface area contributed by atoms with E-state index in [2.05, 4.69) is 10.1 Å². The lowest BCUT2D eigenvalue weighted by molar-refractivity contribution is 0.475. The molecule has 104 valence electrons. The SMILES string of the molecule is Cc1cccc(-n2ncc(-c3ccc(O)cc3)cc2=O)n1. The van der Waals surface area contributed by atoms with Crippen molar-refractivity contribution in [3.63, 3.8) is 0 Å². The predicted octanol–water partition coefficient (Wildman–Crippen LogP) is 2.31. The van der Waals surface area contributed by atoms with Crippen LogP contribution >= 0.6 is 0 Å². The van der Waals surface area contributed by atoms with Crippen molar-refractivity contribution in [3.05, 3.63) is 70.8 Å². The quantitative estimate of drug-likeness (QED) is 0.781. The van der Waals surface area contributed by atoms with E-state index in [1.54, 1.807) is 36.5 Å². The average molecular weight is 279 g/mol. The maximum Gasteiger partial charge on any atom is 0.273 e. The Balaban J connectivity index is 2.04. The highest BCUT2D eigenvalue weighted by Gasteiger charge is 2.05. The summed E-state index contributed by atoms with van der Waals surface area (Å²) in [5.41, 5.74) is 2.09. The van der Waals surface area contributed by atoms with E-state index in [4.69, 9.17) is 0 Å². The van der Waals surface area contributed by atoms with Gasteiger partial charge in [-0.1, -0.05) is 18.2 Å². The van der Waals surface area contributed by atoms with E-state index in [1.165, 1.54) is 10.7 Å². The van der Waals surface area contributed by atoms with Crippen LogP contribution in [0.5, 0.6) is 5.75 Å². The van der Waals surface area contributed by atoms with Gasteiger partial charge in [0.15, 0.2) is 5.82 Å². The third-order valence-electron chi connectivity index (χ3n) is 3.09. The van der Waals surface area contributed by atoms with Crippen LogP contribution in [0, 0.1) is 6.92 Å². The molecule has 2 heterocycles. The van der Waals surface area contributed by atoms with Crippen molar-refractivity contribution < 1.29 is 5.11 Å². The van der Waals surface area contributed by atoms with Crippen molar-refractivity contribution in [1.82, 2.24) is 14.8 Å². The number of hydrogen-bond acceptors (Lipinski definition) is 4. The normalized spacial score (nSPS) is 10.5. The summed E-state index contributed by atoms with van der Waals surface area (Å²) in [6.07, 6.45) is 1.61. The zero-order valence-electron chi connectivity index (χ0n) is 11.4. The molecule has 1 N–H and O–H groups in total. The molecule has 0 bridgehead atoms. The number of aromatic nitrogens is 3. The number of pyridine rings is 1.